The van der Waals surface area contributed by atoms with Gasteiger partial charge in [-0.3, -0.25) is 18.7 Å². The SMILES string of the molecule is Cn1cnc2c1c(=O)n(CCC(=O)OC(=O)[C@@H](N)Cc1c[nH]c3ccccc13)c(=O)n2C. The number of esters is 2. The first-order valence-corrected chi connectivity index (χ1v) is 9.94. The van der Waals surface area contributed by atoms with Crippen LogP contribution in [0, 0.1) is 0 Å². The van der Waals surface area contributed by atoms with E-state index in [1.165, 1.54) is 22.5 Å². The largest absolute Gasteiger partial charge is 0.392 e. The van der Waals surface area contributed by atoms with Gasteiger partial charge in [-0.1, -0.05) is 18.2 Å². The Bertz CT molecular complexity index is 1460. The fourth-order valence-electron chi connectivity index (χ4n) is 3.66. The van der Waals surface area contributed by atoms with E-state index in [2.05, 4.69) is 9.97 Å². The average Bonchev–Trinajstić information content (AvgIpc) is 3.36. The normalized spacial score (nSPS) is 12.3. The van der Waals surface area contributed by atoms with Gasteiger partial charge in [-0.2, -0.15) is 0 Å². The predicted molar refractivity (Wildman–Crippen MR) is 116 cm³/mol. The number of carbonyl (C=O) groups is 2. The van der Waals surface area contributed by atoms with Gasteiger partial charge in [-0.05, 0) is 11.6 Å². The highest BCUT2D eigenvalue weighted by Gasteiger charge is 2.22. The summed E-state index contributed by atoms with van der Waals surface area (Å²) in [6.07, 6.45) is 3.03. The average molecular weight is 438 g/mol. The molecule has 0 radical (unpaired) electrons. The Labute approximate surface area is 181 Å². The van der Waals surface area contributed by atoms with E-state index in [4.69, 9.17) is 10.5 Å². The molecule has 0 aliphatic carbocycles. The van der Waals surface area contributed by atoms with Crippen molar-refractivity contribution in [2.75, 3.05) is 0 Å². The van der Waals surface area contributed by atoms with Crippen molar-refractivity contribution in [1.82, 2.24) is 23.7 Å². The Morgan fingerprint density at radius 3 is 2.75 bits per heavy atom. The molecule has 0 amide bonds. The highest BCUT2D eigenvalue weighted by atomic mass is 16.6. The van der Waals surface area contributed by atoms with Crippen molar-refractivity contribution in [1.29, 1.82) is 0 Å². The number of ether oxygens (including phenoxy) is 1. The molecular weight excluding hydrogens is 416 g/mol. The summed E-state index contributed by atoms with van der Waals surface area (Å²) in [5, 5.41) is 0.933. The fraction of sp³-hybridized carbons (Fsp3) is 0.286. The Morgan fingerprint density at radius 2 is 1.97 bits per heavy atom. The van der Waals surface area contributed by atoms with Gasteiger partial charge in [0.25, 0.3) is 5.56 Å². The van der Waals surface area contributed by atoms with Crippen LogP contribution in [0.4, 0.5) is 0 Å². The van der Waals surface area contributed by atoms with E-state index >= 15 is 0 Å². The predicted octanol–water partition coefficient (Wildman–Crippen LogP) is -0.0551. The van der Waals surface area contributed by atoms with Crippen LogP contribution in [-0.4, -0.2) is 41.6 Å². The van der Waals surface area contributed by atoms with Crippen molar-refractivity contribution in [2.45, 2.75) is 25.4 Å². The standard InChI is InChI=1S/C21H22N6O5/c1-25-11-24-18-17(25)19(29)27(21(31)26(18)2)8-7-16(28)32-20(30)14(22)9-12-10-23-15-6-4-3-5-13(12)15/h3-6,10-11,14,23H,7-9,22H2,1-2H3/t14-/m0/s1. The van der Waals surface area contributed by atoms with Gasteiger partial charge in [-0.15, -0.1) is 0 Å². The third kappa shape index (κ3) is 3.73. The smallest absolute Gasteiger partial charge is 0.332 e. The summed E-state index contributed by atoms with van der Waals surface area (Å²) in [7, 11) is 3.12. The summed E-state index contributed by atoms with van der Waals surface area (Å²) in [6.45, 7) is -0.240. The molecule has 3 N–H and O–H groups in total. The van der Waals surface area contributed by atoms with Crippen molar-refractivity contribution in [2.24, 2.45) is 19.8 Å². The summed E-state index contributed by atoms with van der Waals surface area (Å²) < 4.78 is 8.49. The number of aromatic amines is 1. The number of carbonyl (C=O) groups excluding carboxylic acids is 2. The second kappa shape index (κ2) is 8.27. The Balaban J connectivity index is 1.42. The number of H-pyrrole nitrogens is 1. The van der Waals surface area contributed by atoms with Crippen LogP contribution in [0.5, 0.6) is 0 Å². The number of rotatable bonds is 6. The second-order valence-corrected chi connectivity index (χ2v) is 7.54. The van der Waals surface area contributed by atoms with Crippen LogP contribution in [0.1, 0.15) is 12.0 Å². The minimum atomic E-state index is -1.04. The number of nitrogens with zero attached hydrogens (tertiary/aromatic N) is 4. The third-order valence-corrected chi connectivity index (χ3v) is 5.37. The number of benzene rings is 1. The third-order valence-electron chi connectivity index (χ3n) is 5.37. The fourth-order valence-corrected chi connectivity index (χ4v) is 3.66. The molecule has 1 atom stereocenters. The van der Waals surface area contributed by atoms with Gasteiger partial charge in [0.2, 0.25) is 0 Å². The zero-order valence-electron chi connectivity index (χ0n) is 17.6. The van der Waals surface area contributed by atoms with E-state index in [1.54, 1.807) is 13.2 Å². The first-order valence-electron chi connectivity index (χ1n) is 9.94. The molecule has 166 valence electrons. The molecule has 0 saturated heterocycles. The summed E-state index contributed by atoms with van der Waals surface area (Å²) in [4.78, 5) is 56.7. The Morgan fingerprint density at radius 1 is 1.22 bits per heavy atom. The van der Waals surface area contributed by atoms with Gasteiger partial charge in [0.1, 0.15) is 6.04 Å². The molecule has 32 heavy (non-hydrogen) atoms. The van der Waals surface area contributed by atoms with Crippen molar-refractivity contribution < 1.29 is 14.3 Å². The second-order valence-electron chi connectivity index (χ2n) is 7.54. The number of aromatic nitrogens is 5. The molecule has 3 heterocycles. The van der Waals surface area contributed by atoms with E-state index in [1.807, 2.05) is 24.3 Å². The molecule has 0 fully saturated rings. The van der Waals surface area contributed by atoms with E-state index in [0.29, 0.717) is 0 Å². The first-order chi connectivity index (χ1) is 15.3. The number of imidazole rings is 1. The molecule has 0 unspecified atom stereocenters. The molecule has 0 spiro atoms. The number of aryl methyl sites for hydroxylation is 2. The number of hydrogen-bond donors (Lipinski definition) is 2. The molecule has 0 saturated carbocycles. The molecule has 0 aliphatic heterocycles. The summed E-state index contributed by atoms with van der Waals surface area (Å²) >= 11 is 0. The molecule has 11 nitrogen and oxygen atoms in total. The van der Waals surface area contributed by atoms with E-state index in [0.717, 1.165) is 21.0 Å². The highest BCUT2D eigenvalue weighted by molar-refractivity contribution is 5.89. The van der Waals surface area contributed by atoms with Gasteiger partial charge in [0.15, 0.2) is 11.2 Å². The Hall–Kier alpha value is -3.99. The van der Waals surface area contributed by atoms with Gasteiger partial charge >= 0.3 is 17.6 Å². The van der Waals surface area contributed by atoms with Gasteiger partial charge in [-0.25, -0.2) is 14.6 Å². The van der Waals surface area contributed by atoms with Gasteiger partial charge in [0, 0.05) is 44.2 Å². The molecule has 11 heteroatoms. The summed E-state index contributed by atoms with van der Waals surface area (Å²) in [5.41, 5.74) is 6.97. The molecule has 4 aromatic rings. The molecule has 3 aromatic heterocycles. The molecule has 0 aliphatic rings. The zero-order valence-corrected chi connectivity index (χ0v) is 17.6. The van der Waals surface area contributed by atoms with Crippen LogP contribution < -0.4 is 17.0 Å². The maximum atomic E-state index is 12.7. The minimum Gasteiger partial charge on any atom is -0.392 e. The topological polar surface area (TPSA) is 147 Å². The van der Waals surface area contributed by atoms with Crippen LogP contribution in [0.25, 0.3) is 22.1 Å². The van der Waals surface area contributed by atoms with E-state index in [-0.39, 0.29) is 30.6 Å². The van der Waals surface area contributed by atoms with Gasteiger partial charge < -0.3 is 20.0 Å². The summed E-state index contributed by atoms with van der Waals surface area (Å²) in [6, 6.07) is 6.53. The number of para-hydroxylation sites is 1. The first kappa shape index (κ1) is 21.2. The molecular formula is C21H22N6O5. The lowest BCUT2D eigenvalue weighted by molar-refractivity contribution is -0.160. The number of nitrogens with two attached hydrogens (primary N) is 1. The maximum Gasteiger partial charge on any atom is 0.332 e. The molecule has 4 rings (SSSR count). The van der Waals surface area contributed by atoms with Crippen LogP contribution in [0.15, 0.2) is 46.4 Å². The Kier molecular flexibility index (Phi) is 5.49. The van der Waals surface area contributed by atoms with Crippen LogP contribution >= 0.6 is 0 Å². The van der Waals surface area contributed by atoms with Crippen molar-refractivity contribution in [3.63, 3.8) is 0 Å². The summed E-state index contributed by atoms with van der Waals surface area (Å²) in [5.74, 6) is -1.74. The van der Waals surface area contributed by atoms with Crippen molar-refractivity contribution in [3.05, 3.63) is 63.2 Å². The lowest BCUT2D eigenvalue weighted by Gasteiger charge is -2.11. The lowest BCUT2D eigenvalue weighted by Crippen LogP contribution is -2.40. The van der Waals surface area contributed by atoms with Crippen LogP contribution in [-0.2, 0) is 41.4 Å². The number of nitrogens with one attached hydrogen (secondary N) is 1. The zero-order chi connectivity index (χ0) is 23.0. The molecule has 1 aromatic carbocycles. The van der Waals surface area contributed by atoms with Gasteiger partial charge in [0.05, 0.1) is 12.7 Å². The van der Waals surface area contributed by atoms with E-state index in [9.17, 15) is 19.2 Å². The monoisotopic (exact) mass is 438 g/mol. The lowest BCUT2D eigenvalue weighted by atomic mass is 10.1. The van der Waals surface area contributed by atoms with Crippen LogP contribution in [0.2, 0.25) is 0 Å². The number of hydrogen-bond acceptors (Lipinski definition) is 7. The number of fused-ring (bicyclic) bond motifs is 2. The molecule has 0 bridgehead atoms. The highest BCUT2D eigenvalue weighted by Crippen LogP contribution is 2.19. The van der Waals surface area contributed by atoms with Crippen molar-refractivity contribution in [3.8, 4) is 0 Å². The van der Waals surface area contributed by atoms with Crippen LogP contribution in [0.3, 0.4) is 0 Å². The van der Waals surface area contributed by atoms with Crippen molar-refractivity contribution >= 4 is 34.0 Å². The quantitative estimate of drug-likeness (QED) is 0.317. The minimum absolute atomic E-state index is 0.188. The maximum absolute atomic E-state index is 12.7. The van der Waals surface area contributed by atoms with E-state index < -0.39 is 29.2 Å².